The second kappa shape index (κ2) is 8.02. The average molecular weight is 417 g/mol. The molecule has 3 aromatic rings. The van der Waals surface area contributed by atoms with E-state index in [-0.39, 0.29) is 0 Å². The van der Waals surface area contributed by atoms with Crippen LogP contribution in [0.15, 0.2) is 36.5 Å². The van der Waals surface area contributed by atoms with Crippen LogP contribution in [-0.2, 0) is 12.7 Å². The first-order chi connectivity index (χ1) is 14.3. The van der Waals surface area contributed by atoms with Crippen molar-refractivity contribution < 1.29 is 13.2 Å². The average Bonchev–Trinajstić information content (AvgIpc) is 3.06. The van der Waals surface area contributed by atoms with Crippen LogP contribution in [0.25, 0.3) is 5.82 Å². The normalized spacial score (nSPS) is 15.6. The largest absolute Gasteiger partial charge is 0.433 e. The molecule has 30 heavy (non-hydrogen) atoms. The van der Waals surface area contributed by atoms with Crippen LogP contribution in [0.1, 0.15) is 22.6 Å². The number of nitrogens with zero attached hydrogens (tertiary/aromatic N) is 7. The van der Waals surface area contributed by atoms with Crippen molar-refractivity contribution in [3.8, 4) is 5.82 Å². The standard InChI is InChI=1S/C20H22F3N7/c1-14-11-15(2)30(27-14)19-6-5-18(25-26-19)29-9-7-28(8-10-29)13-16-3-4-17(24-12-16)20(21,22)23/h3-6,11-12H,7-10,13H2,1-2H3. The lowest BCUT2D eigenvalue weighted by atomic mass is 10.2. The summed E-state index contributed by atoms with van der Waals surface area (Å²) in [6.07, 6.45) is -3.10. The Labute approximate surface area is 172 Å². The second-order valence-electron chi connectivity index (χ2n) is 7.40. The van der Waals surface area contributed by atoms with Crippen molar-refractivity contribution in [1.29, 1.82) is 0 Å². The molecule has 1 fully saturated rings. The summed E-state index contributed by atoms with van der Waals surface area (Å²) in [4.78, 5) is 7.88. The van der Waals surface area contributed by atoms with Crippen LogP contribution in [0.4, 0.5) is 19.0 Å². The Balaban J connectivity index is 1.34. The fraction of sp³-hybridized carbons (Fsp3) is 0.400. The Morgan fingerprint density at radius 2 is 1.63 bits per heavy atom. The maximum atomic E-state index is 12.6. The summed E-state index contributed by atoms with van der Waals surface area (Å²) in [7, 11) is 0. The summed E-state index contributed by atoms with van der Waals surface area (Å²) < 4.78 is 39.7. The first-order valence-corrected chi connectivity index (χ1v) is 9.66. The summed E-state index contributed by atoms with van der Waals surface area (Å²) in [5.41, 5.74) is 1.84. The van der Waals surface area contributed by atoms with Crippen LogP contribution in [0, 0.1) is 13.8 Å². The molecular formula is C20H22F3N7. The highest BCUT2D eigenvalue weighted by atomic mass is 19.4. The molecule has 158 valence electrons. The van der Waals surface area contributed by atoms with Crippen LogP contribution in [-0.4, -0.2) is 56.0 Å². The lowest BCUT2D eigenvalue weighted by molar-refractivity contribution is -0.141. The molecule has 0 amide bonds. The van der Waals surface area contributed by atoms with Crippen molar-refractivity contribution >= 4 is 5.82 Å². The van der Waals surface area contributed by atoms with E-state index >= 15 is 0 Å². The van der Waals surface area contributed by atoms with Crippen molar-refractivity contribution in [1.82, 2.24) is 29.9 Å². The van der Waals surface area contributed by atoms with Gasteiger partial charge in [0.1, 0.15) is 5.69 Å². The zero-order valence-corrected chi connectivity index (χ0v) is 16.8. The van der Waals surface area contributed by atoms with Gasteiger partial charge in [-0.1, -0.05) is 6.07 Å². The minimum Gasteiger partial charge on any atom is -0.353 e. The van der Waals surface area contributed by atoms with Gasteiger partial charge in [-0.3, -0.25) is 9.88 Å². The van der Waals surface area contributed by atoms with Crippen molar-refractivity contribution in [3.05, 3.63) is 59.2 Å². The topological polar surface area (TPSA) is 63.0 Å². The minimum absolute atomic E-state index is 0.571. The number of aryl methyl sites for hydroxylation is 2. The molecule has 1 saturated heterocycles. The first-order valence-electron chi connectivity index (χ1n) is 9.66. The predicted octanol–water partition coefficient (Wildman–Crippen LogP) is 3.02. The van der Waals surface area contributed by atoms with Gasteiger partial charge in [-0.05, 0) is 43.7 Å². The highest BCUT2D eigenvalue weighted by Crippen LogP contribution is 2.27. The lowest BCUT2D eigenvalue weighted by Gasteiger charge is -2.35. The van der Waals surface area contributed by atoms with Gasteiger partial charge in [0.15, 0.2) is 11.6 Å². The molecule has 0 aromatic carbocycles. The van der Waals surface area contributed by atoms with Gasteiger partial charge >= 0.3 is 6.18 Å². The van der Waals surface area contributed by atoms with E-state index in [0.29, 0.717) is 12.4 Å². The van der Waals surface area contributed by atoms with Crippen LogP contribution < -0.4 is 4.90 Å². The number of hydrogen-bond donors (Lipinski definition) is 0. The second-order valence-corrected chi connectivity index (χ2v) is 7.40. The molecule has 0 unspecified atom stereocenters. The number of aromatic nitrogens is 5. The highest BCUT2D eigenvalue weighted by molar-refractivity contribution is 5.40. The van der Waals surface area contributed by atoms with E-state index in [2.05, 4.69) is 30.1 Å². The van der Waals surface area contributed by atoms with Crippen LogP contribution in [0.5, 0.6) is 0 Å². The Morgan fingerprint density at radius 3 is 2.17 bits per heavy atom. The Bertz CT molecular complexity index is 989. The molecule has 0 N–H and O–H groups in total. The quantitative estimate of drug-likeness (QED) is 0.650. The number of hydrogen-bond acceptors (Lipinski definition) is 6. The van der Waals surface area contributed by atoms with Gasteiger partial charge in [0, 0.05) is 44.6 Å². The molecule has 3 aromatic heterocycles. The number of pyridine rings is 1. The molecule has 1 aliphatic heterocycles. The molecule has 1 aliphatic rings. The Kier molecular flexibility index (Phi) is 5.42. The summed E-state index contributed by atoms with van der Waals surface area (Å²) in [6, 6.07) is 8.36. The lowest BCUT2D eigenvalue weighted by Crippen LogP contribution is -2.46. The molecule has 0 aliphatic carbocycles. The van der Waals surface area contributed by atoms with E-state index < -0.39 is 11.9 Å². The summed E-state index contributed by atoms with van der Waals surface area (Å²) in [5.74, 6) is 1.48. The van der Waals surface area contributed by atoms with Gasteiger partial charge in [0.05, 0.1) is 5.69 Å². The first kappa shape index (κ1) is 20.3. The van der Waals surface area contributed by atoms with Crippen molar-refractivity contribution in [2.75, 3.05) is 31.1 Å². The molecule has 4 rings (SSSR count). The maximum absolute atomic E-state index is 12.6. The van der Waals surface area contributed by atoms with Crippen LogP contribution in [0.2, 0.25) is 0 Å². The summed E-state index contributed by atoms with van der Waals surface area (Å²) >= 11 is 0. The number of anilines is 1. The number of piperazine rings is 1. The smallest absolute Gasteiger partial charge is 0.353 e. The zero-order valence-electron chi connectivity index (χ0n) is 16.8. The third-order valence-electron chi connectivity index (χ3n) is 5.08. The molecule has 0 bridgehead atoms. The van der Waals surface area contributed by atoms with E-state index in [1.54, 1.807) is 4.68 Å². The van der Waals surface area contributed by atoms with Crippen molar-refractivity contribution in [2.45, 2.75) is 26.6 Å². The molecule has 0 radical (unpaired) electrons. The third-order valence-corrected chi connectivity index (χ3v) is 5.08. The van der Waals surface area contributed by atoms with E-state index in [1.807, 2.05) is 32.0 Å². The molecule has 0 spiro atoms. The Morgan fingerprint density at radius 1 is 0.933 bits per heavy atom. The number of alkyl halides is 3. The van der Waals surface area contributed by atoms with Gasteiger partial charge in [0.2, 0.25) is 0 Å². The minimum atomic E-state index is -4.41. The molecule has 0 atom stereocenters. The van der Waals surface area contributed by atoms with Crippen LogP contribution >= 0.6 is 0 Å². The molecule has 7 nitrogen and oxygen atoms in total. The van der Waals surface area contributed by atoms with Gasteiger partial charge in [-0.2, -0.15) is 18.3 Å². The molecular weight excluding hydrogens is 395 g/mol. The maximum Gasteiger partial charge on any atom is 0.433 e. The van der Waals surface area contributed by atoms with Gasteiger partial charge in [0.25, 0.3) is 0 Å². The van der Waals surface area contributed by atoms with Gasteiger partial charge in [-0.25, -0.2) is 4.68 Å². The number of halogens is 3. The van der Waals surface area contributed by atoms with E-state index in [9.17, 15) is 13.2 Å². The fourth-order valence-electron chi connectivity index (χ4n) is 3.54. The van der Waals surface area contributed by atoms with Crippen molar-refractivity contribution in [3.63, 3.8) is 0 Å². The fourth-order valence-corrected chi connectivity index (χ4v) is 3.54. The molecule has 0 saturated carbocycles. The summed E-state index contributed by atoms with van der Waals surface area (Å²) in [6.45, 7) is 7.57. The third kappa shape index (κ3) is 4.43. The monoisotopic (exact) mass is 417 g/mol. The van der Waals surface area contributed by atoms with Crippen LogP contribution in [0.3, 0.4) is 0 Å². The van der Waals surface area contributed by atoms with Crippen molar-refractivity contribution in [2.24, 2.45) is 0 Å². The van der Waals surface area contributed by atoms with E-state index in [1.165, 1.54) is 12.3 Å². The van der Waals surface area contributed by atoms with Gasteiger partial charge < -0.3 is 4.90 Å². The van der Waals surface area contributed by atoms with E-state index in [0.717, 1.165) is 55.0 Å². The highest BCUT2D eigenvalue weighted by Gasteiger charge is 2.32. The predicted molar refractivity (Wildman–Crippen MR) is 105 cm³/mol. The van der Waals surface area contributed by atoms with Gasteiger partial charge in [-0.15, -0.1) is 10.2 Å². The molecule has 10 heteroatoms. The number of rotatable bonds is 4. The van der Waals surface area contributed by atoms with E-state index in [4.69, 9.17) is 0 Å². The SMILES string of the molecule is Cc1cc(C)n(-c2ccc(N3CCN(Cc4ccc(C(F)(F)F)nc4)CC3)nn2)n1. The Hall–Kier alpha value is -3.01. The molecule has 4 heterocycles. The zero-order chi connectivity index (χ0) is 21.3. The summed E-state index contributed by atoms with van der Waals surface area (Å²) in [5, 5.41) is 13.1.